The van der Waals surface area contributed by atoms with Crippen molar-refractivity contribution >= 4 is 17.9 Å². The number of anilines is 1. The molecule has 0 saturated carbocycles. The number of carbonyl (C=O) groups excluding carboxylic acids is 2. The number of aromatic nitrogens is 4. The third-order valence-corrected chi connectivity index (χ3v) is 2.68. The predicted molar refractivity (Wildman–Crippen MR) is 80.1 cm³/mol. The van der Waals surface area contributed by atoms with Crippen LogP contribution in [0.4, 0.5) is 10.7 Å². The van der Waals surface area contributed by atoms with Crippen molar-refractivity contribution in [3.63, 3.8) is 0 Å². The molecule has 9 nitrogen and oxygen atoms in total. The Labute approximate surface area is 129 Å². The van der Waals surface area contributed by atoms with Crippen LogP contribution < -0.4 is 10.6 Å². The van der Waals surface area contributed by atoms with E-state index in [0.29, 0.717) is 6.42 Å². The van der Waals surface area contributed by atoms with Crippen molar-refractivity contribution in [1.82, 2.24) is 25.9 Å². The van der Waals surface area contributed by atoms with Crippen LogP contribution in [0, 0.1) is 0 Å². The number of carbonyl (C=O) groups is 2. The number of amides is 2. The maximum atomic E-state index is 12.2. The Hall–Kier alpha value is -2.19. The highest BCUT2D eigenvalue weighted by Crippen LogP contribution is 2.09. The zero-order valence-corrected chi connectivity index (χ0v) is 13.5. The maximum Gasteiger partial charge on any atom is 0.408 e. The van der Waals surface area contributed by atoms with Gasteiger partial charge in [0.2, 0.25) is 5.91 Å². The van der Waals surface area contributed by atoms with Crippen molar-refractivity contribution in [3.8, 4) is 0 Å². The molecule has 1 atom stereocenters. The van der Waals surface area contributed by atoms with E-state index in [1.807, 2.05) is 0 Å². The van der Waals surface area contributed by atoms with Gasteiger partial charge in [-0.2, -0.15) is 5.21 Å². The van der Waals surface area contributed by atoms with Crippen LogP contribution in [0.2, 0.25) is 0 Å². The molecule has 0 saturated heterocycles. The summed E-state index contributed by atoms with van der Waals surface area (Å²) < 4.78 is 5.18. The highest BCUT2D eigenvalue weighted by Gasteiger charge is 2.24. The number of nitrogens with zero attached hydrogens (tertiary/aromatic N) is 3. The lowest BCUT2D eigenvalue weighted by atomic mass is 10.1. The predicted octanol–water partition coefficient (Wildman–Crippen LogP) is 1.61. The molecule has 1 rings (SSSR count). The number of nitrogens with one attached hydrogen (secondary N) is 3. The van der Waals surface area contributed by atoms with Crippen molar-refractivity contribution in [2.75, 3.05) is 5.32 Å². The number of ether oxygens (including phenoxy) is 1. The first kappa shape index (κ1) is 17.9. The van der Waals surface area contributed by atoms with Crippen LogP contribution in [0.5, 0.6) is 0 Å². The topological polar surface area (TPSA) is 122 Å². The zero-order valence-electron chi connectivity index (χ0n) is 13.5. The average molecular weight is 312 g/mol. The molecule has 9 heteroatoms. The molecule has 3 N–H and O–H groups in total. The van der Waals surface area contributed by atoms with Gasteiger partial charge in [0.05, 0.1) is 0 Å². The second-order valence-corrected chi connectivity index (χ2v) is 5.92. The van der Waals surface area contributed by atoms with Crippen LogP contribution in [0.1, 0.15) is 53.4 Å². The molecule has 1 aromatic heterocycles. The number of tetrazole rings is 1. The van der Waals surface area contributed by atoms with Crippen molar-refractivity contribution in [2.24, 2.45) is 0 Å². The van der Waals surface area contributed by atoms with Crippen molar-refractivity contribution in [1.29, 1.82) is 0 Å². The van der Waals surface area contributed by atoms with Crippen molar-refractivity contribution in [3.05, 3.63) is 0 Å². The van der Waals surface area contributed by atoms with Crippen LogP contribution >= 0.6 is 0 Å². The third-order valence-electron chi connectivity index (χ3n) is 2.68. The van der Waals surface area contributed by atoms with E-state index in [1.54, 1.807) is 20.8 Å². The summed E-state index contributed by atoms with van der Waals surface area (Å²) in [7, 11) is 0. The summed E-state index contributed by atoms with van der Waals surface area (Å²) in [5.41, 5.74) is -0.623. The SMILES string of the molecule is CCCCC[C@H](NC(=O)OC(C)(C)C)C(=O)Nc1nn[nH]n1. The fraction of sp³-hybridized carbons (Fsp3) is 0.769. The molecular weight excluding hydrogens is 288 g/mol. The van der Waals surface area contributed by atoms with Gasteiger partial charge in [0.15, 0.2) is 0 Å². The van der Waals surface area contributed by atoms with Crippen LogP contribution in [-0.2, 0) is 9.53 Å². The van der Waals surface area contributed by atoms with E-state index < -0.39 is 23.6 Å². The number of hydrogen-bond acceptors (Lipinski definition) is 6. The zero-order chi connectivity index (χ0) is 16.6. The minimum Gasteiger partial charge on any atom is -0.444 e. The van der Waals surface area contributed by atoms with E-state index in [0.717, 1.165) is 19.3 Å². The second-order valence-electron chi connectivity index (χ2n) is 5.92. The molecule has 0 aromatic carbocycles. The first-order valence-electron chi connectivity index (χ1n) is 7.35. The summed E-state index contributed by atoms with van der Waals surface area (Å²) in [5.74, 6) is -0.333. The first-order valence-corrected chi connectivity index (χ1v) is 7.35. The number of hydrogen-bond donors (Lipinski definition) is 3. The molecule has 1 heterocycles. The van der Waals surface area contributed by atoms with Crippen LogP contribution in [-0.4, -0.2) is 44.3 Å². The quantitative estimate of drug-likeness (QED) is 0.657. The highest BCUT2D eigenvalue weighted by molar-refractivity contribution is 5.95. The average Bonchev–Trinajstić information content (AvgIpc) is 2.88. The largest absolute Gasteiger partial charge is 0.444 e. The summed E-state index contributed by atoms with van der Waals surface area (Å²) in [6, 6.07) is -0.708. The van der Waals surface area contributed by atoms with E-state index in [9.17, 15) is 9.59 Å². The molecule has 0 radical (unpaired) electrons. The minimum absolute atomic E-state index is 0.0662. The van der Waals surface area contributed by atoms with E-state index in [-0.39, 0.29) is 5.95 Å². The van der Waals surface area contributed by atoms with Gasteiger partial charge < -0.3 is 10.1 Å². The third kappa shape index (κ3) is 7.00. The second kappa shape index (κ2) is 8.30. The lowest BCUT2D eigenvalue weighted by molar-refractivity contribution is -0.118. The molecule has 0 aliphatic carbocycles. The lowest BCUT2D eigenvalue weighted by Crippen LogP contribution is -2.45. The number of alkyl carbamates (subject to hydrolysis) is 1. The standard InChI is InChI=1S/C13H24N6O3/c1-5-6-7-8-9(14-12(21)22-13(2,3)4)10(20)15-11-16-18-19-17-11/h9H,5-8H2,1-4H3,(H,14,21)(H2,15,16,17,18,19,20)/t9-/m0/s1. The lowest BCUT2D eigenvalue weighted by Gasteiger charge is -2.23. The monoisotopic (exact) mass is 312 g/mol. The molecule has 0 spiro atoms. The van der Waals surface area contributed by atoms with Gasteiger partial charge in [-0.3, -0.25) is 10.1 Å². The number of H-pyrrole nitrogens is 1. The van der Waals surface area contributed by atoms with Gasteiger partial charge in [0.1, 0.15) is 11.6 Å². The smallest absolute Gasteiger partial charge is 0.408 e. The summed E-state index contributed by atoms with van der Waals surface area (Å²) in [5, 5.41) is 18.0. The molecule has 0 aliphatic rings. The van der Waals surface area contributed by atoms with Crippen LogP contribution in [0.3, 0.4) is 0 Å². The van der Waals surface area contributed by atoms with Gasteiger partial charge in [-0.1, -0.05) is 31.3 Å². The normalized spacial score (nSPS) is 12.5. The van der Waals surface area contributed by atoms with Gasteiger partial charge in [-0.05, 0) is 32.4 Å². The Kier molecular flexibility index (Phi) is 6.74. The minimum atomic E-state index is -0.708. The molecular formula is C13H24N6O3. The molecule has 0 fully saturated rings. The molecule has 1 aromatic rings. The summed E-state index contributed by atoms with van der Waals surface area (Å²) in [6.45, 7) is 7.35. The van der Waals surface area contributed by atoms with Gasteiger partial charge in [-0.25, -0.2) is 4.79 Å². The fourth-order valence-corrected chi connectivity index (χ4v) is 1.73. The summed E-state index contributed by atoms with van der Waals surface area (Å²) >= 11 is 0. The van der Waals surface area contributed by atoms with Crippen LogP contribution in [0.15, 0.2) is 0 Å². The first-order chi connectivity index (χ1) is 10.3. The Morgan fingerprint density at radius 3 is 2.59 bits per heavy atom. The number of unbranched alkanes of at least 4 members (excludes halogenated alkanes) is 2. The molecule has 0 unspecified atom stereocenters. The van der Waals surface area contributed by atoms with E-state index in [1.165, 1.54) is 0 Å². The van der Waals surface area contributed by atoms with Gasteiger partial charge in [0, 0.05) is 0 Å². The van der Waals surface area contributed by atoms with Gasteiger partial charge in [-0.15, -0.1) is 5.10 Å². The van der Waals surface area contributed by atoms with Gasteiger partial charge >= 0.3 is 6.09 Å². The van der Waals surface area contributed by atoms with Crippen molar-refractivity contribution in [2.45, 2.75) is 65.0 Å². The van der Waals surface area contributed by atoms with E-state index >= 15 is 0 Å². The van der Waals surface area contributed by atoms with E-state index in [2.05, 4.69) is 38.2 Å². The Morgan fingerprint density at radius 2 is 2.05 bits per heavy atom. The van der Waals surface area contributed by atoms with Gasteiger partial charge in [0.25, 0.3) is 5.95 Å². The fourth-order valence-electron chi connectivity index (χ4n) is 1.73. The Balaban J connectivity index is 2.61. The van der Waals surface area contributed by atoms with E-state index in [4.69, 9.17) is 4.74 Å². The molecule has 22 heavy (non-hydrogen) atoms. The summed E-state index contributed by atoms with van der Waals surface area (Å²) in [4.78, 5) is 24.0. The molecule has 2 amide bonds. The highest BCUT2D eigenvalue weighted by atomic mass is 16.6. The number of rotatable bonds is 7. The maximum absolute atomic E-state index is 12.2. The molecule has 124 valence electrons. The van der Waals surface area contributed by atoms with Crippen molar-refractivity contribution < 1.29 is 14.3 Å². The Bertz CT molecular complexity index is 469. The van der Waals surface area contributed by atoms with Crippen LogP contribution in [0.25, 0.3) is 0 Å². The number of aromatic amines is 1. The Morgan fingerprint density at radius 1 is 1.32 bits per heavy atom. The molecule has 0 aliphatic heterocycles. The summed E-state index contributed by atoms with van der Waals surface area (Å²) in [6.07, 6.45) is 2.69. The molecule has 0 bridgehead atoms.